The molecule has 0 unspecified atom stereocenters. The van der Waals surface area contributed by atoms with Gasteiger partial charge >= 0.3 is 0 Å². The Morgan fingerprint density at radius 1 is 1.05 bits per heavy atom. The van der Waals surface area contributed by atoms with E-state index in [9.17, 15) is 9.59 Å². The lowest BCUT2D eigenvalue weighted by Gasteiger charge is -2.25. The molecule has 0 spiro atoms. The van der Waals surface area contributed by atoms with Crippen LogP contribution in [0.3, 0.4) is 0 Å². The Bertz CT molecular complexity index is 314. The fraction of sp³-hybridized carbons (Fsp3) is 0.857. The highest BCUT2D eigenvalue weighted by molar-refractivity contribution is 5.83. The summed E-state index contributed by atoms with van der Waals surface area (Å²) in [7, 11) is 0. The summed E-state index contributed by atoms with van der Waals surface area (Å²) < 4.78 is 0. The van der Waals surface area contributed by atoms with Crippen molar-refractivity contribution in [2.75, 3.05) is 26.2 Å². The number of nitrogens with one attached hydrogen (secondary N) is 2. The Labute approximate surface area is 115 Å². The van der Waals surface area contributed by atoms with E-state index in [4.69, 9.17) is 0 Å². The van der Waals surface area contributed by atoms with Crippen LogP contribution in [-0.2, 0) is 9.59 Å². The van der Waals surface area contributed by atoms with Crippen LogP contribution in [0.4, 0.5) is 0 Å². The molecule has 19 heavy (non-hydrogen) atoms. The van der Waals surface area contributed by atoms with Crippen molar-refractivity contribution < 1.29 is 9.59 Å². The lowest BCUT2D eigenvalue weighted by atomic mass is 10.1. The average Bonchev–Trinajstić information content (AvgIpc) is 2.92. The first kappa shape index (κ1) is 14.3. The van der Waals surface area contributed by atoms with Crippen molar-refractivity contribution >= 4 is 11.8 Å². The zero-order valence-electron chi connectivity index (χ0n) is 11.6. The maximum Gasteiger partial charge on any atom is 0.239 e. The number of amides is 2. The van der Waals surface area contributed by atoms with Gasteiger partial charge in [0.25, 0.3) is 0 Å². The van der Waals surface area contributed by atoms with E-state index in [1.165, 1.54) is 0 Å². The van der Waals surface area contributed by atoms with Gasteiger partial charge in [-0.05, 0) is 32.2 Å². The Balaban J connectivity index is 1.90. The second-order valence-corrected chi connectivity index (χ2v) is 5.49. The minimum atomic E-state index is -0.0202. The molecule has 2 aliphatic heterocycles. The van der Waals surface area contributed by atoms with Crippen LogP contribution in [0.2, 0.25) is 0 Å². The molecular formula is C14H25N3O2. The number of hydrogen-bond donors (Lipinski definition) is 2. The zero-order chi connectivity index (χ0) is 13.5. The van der Waals surface area contributed by atoms with E-state index < -0.39 is 0 Å². The molecule has 1 atom stereocenters. The van der Waals surface area contributed by atoms with E-state index in [0.717, 1.165) is 58.2 Å². The van der Waals surface area contributed by atoms with E-state index >= 15 is 0 Å². The average molecular weight is 267 g/mol. The van der Waals surface area contributed by atoms with Crippen molar-refractivity contribution in [2.45, 2.75) is 51.0 Å². The monoisotopic (exact) mass is 267 g/mol. The van der Waals surface area contributed by atoms with E-state index in [1.807, 2.05) is 4.90 Å². The molecule has 2 rings (SSSR count). The first-order valence-corrected chi connectivity index (χ1v) is 7.56. The van der Waals surface area contributed by atoms with Crippen LogP contribution in [0, 0.1) is 0 Å². The van der Waals surface area contributed by atoms with Gasteiger partial charge in [-0.2, -0.15) is 0 Å². The molecule has 0 bridgehead atoms. The van der Waals surface area contributed by atoms with Gasteiger partial charge in [0, 0.05) is 26.1 Å². The normalized spacial score (nSPS) is 26.6. The van der Waals surface area contributed by atoms with E-state index in [1.54, 1.807) is 0 Å². The number of carbonyl (C=O) groups is 2. The smallest absolute Gasteiger partial charge is 0.239 e. The molecule has 2 amide bonds. The Hall–Kier alpha value is -1.10. The van der Waals surface area contributed by atoms with Crippen molar-refractivity contribution in [3.8, 4) is 0 Å². The molecule has 2 fully saturated rings. The summed E-state index contributed by atoms with van der Waals surface area (Å²) in [5, 5.41) is 6.17. The molecule has 0 radical (unpaired) electrons. The maximum absolute atomic E-state index is 12.4. The third-order valence-corrected chi connectivity index (χ3v) is 3.96. The van der Waals surface area contributed by atoms with Crippen LogP contribution in [0.1, 0.15) is 44.9 Å². The molecule has 0 aliphatic carbocycles. The molecule has 0 saturated carbocycles. The van der Waals surface area contributed by atoms with Crippen molar-refractivity contribution in [1.29, 1.82) is 0 Å². The van der Waals surface area contributed by atoms with Gasteiger partial charge in [-0.1, -0.05) is 12.8 Å². The van der Waals surface area contributed by atoms with Gasteiger partial charge in [0.05, 0.1) is 6.04 Å². The van der Waals surface area contributed by atoms with Crippen LogP contribution in [0.5, 0.6) is 0 Å². The van der Waals surface area contributed by atoms with E-state index in [-0.39, 0.29) is 17.9 Å². The Morgan fingerprint density at radius 3 is 2.68 bits per heavy atom. The van der Waals surface area contributed by atoms with Gasteiger partial charge in [0.2, 0.25) is 11.8 Å². The third kappa shape index (κ3) is 4.49. The predicted molar refractivity (Wildman–Crippen MR) is 73.7 cm³/mol. The van der Waals surface area contributed by atoms with Crippen LogP contribution in [-0.4, -0.2) is 48.9 Å². The summed E-state index contributed by atoms with van der Waals surface area (Å²) >= 11 is 0. The summed E-state index contributed by atoms with van der Waals surface area (Å²) in [6.07, 6.45) is 6.79. The second-order valence-electron chi connectivity index (χ2n) is 5.49. The van der Waals surface area contributed by atoms with E-state index in [0.29, 0.717) is 13.0 Å². The second kappa shape index (κ2) is 7.48. The van der Waals surface area contributed by atoms with Crippen LogP contribution in [0.25, 0.3) is 0 Å². The molecule has 0 aromatic rings. The summed E-state index contributed by atoms with van der Waals surface area (Å²) in [5.41, 5.74) is 0. The molecule has 2 N–H and O–H groups in total. The van der Waals surface area contributed by atoms with E-state index in [2.05, 4.69) is 10.6 Å². The summed E-state index contributed by atoms with van der Waals surface area (Å²) in [4.78, 5) is 25.9. The van der Waals surface area contributed by atoms with Crippen molar-refractivity contribution in [3.63, 3.8) is 0 Å². The first-order valence-electron chi connectivity index (χ1n) is 7.56. The molecule has 5 heteroatoms. The topological polar surface area (TPSA) is 61.4 Å². The maximum atomic E-state index is 12.4. The fourth-order valence-corrected chi connectivity index (χ4v) is 2.78. The molecular weight excluding hydrogens is 242 g/mol. The minimum absolute atomic E-state index is 0.0202. The molecule has 2 aliphatic rings. The van der Waals surface area contributed by atoms with Gasteiger partial charge in [0.15, 0.2) is 0 Å². The first-order chi connectivity index (χ1) is 9.27. The van der Waals surface area contributed by atoms with Gasteiger partial charge in [-0.15, -0.1) is 0 Å². The quantitative estimate of drug-likeness (QED) is 0.733. The van der Waals surface area contributed by atoms with Gasteiger partial charge < -0.3 is 15.5 Å². The Morgan fingerprint density at radius 2 is 1.89 bits per heavy atom. The molecule has 5 nitrogen and oxygen atoms in total. The number of nitrogens with zero attached hydrogens (tertiary/aromatic N) is 1. The summed E-state index contributed by atoms with van der Waals surface area (Å²) in [6.45, 7) is 3.06. The lowest BCUT2D eigenvalue weighted by Crippen LogP contribution is -2.45. The van der Waals surface area contributed by atoms with Crippen LogP contribution in [0.15, 0.2) is 0 Å². The largest absolute Gasteiger partial charge is 0.356 e. The fourth-order valence-electron chi connectivity index (χ4n) is 2.78. The zero-order valence-corrected chi connectivity index (χ0v) is 11.6. The van der Waals surface area contributed by atoms with Crippen molar-refractivity contribution in [2.24, 2.45) is 0 Å². The number of carbonyl (C=O) groups excluding carboxylic acids is 2. The molecule has 2 saturated heterocycles. The van der Waals surface area contributed by atoms with Crippen LogP contribution >= 0.6 is 0 Å². The predicted octanol–water partition coefficient (Wildman–Crippen LogP) is 0.647. The highest BCUT2D eigenvalue weighted by atomic mass is 16.2. The van der Waals surface area contributed by atoms with Gasteiger partial charge in [0.1, 0.15) is 0 Å². The van der Waals surface area contributed by atoms with Crippen molar-refractivity contribution in [1.82, 2.24) is 15.5 Å². The number of rotatable bonds is 1. The highest BCUT2D eigenvalue weighted by Gasteiger charge is 2.26. The summed E-state index contributed by atoms with van der Waals surface area (Å²) in [5.74, 6) is 0.253. The van der Waals surface area contributed by atoms with Crippen molar-refractivity contribution in [3.05, 3.63) is 0 Å². The number of hydrogen-bond acceptors (Lipinski definition) is 3. The molecule has 108 valence electrons. The van der Waals surface area contributed by atoms with Crippen LogP contribution < -0.4 is 10.6 Å². The molecule has 0 aromatic carbocycles. The summed E-state index contributed by atoms with van der Waals surface area (Å²) in [6, 6.07) is -0.0202. The molecule has 0 aromatic heterocycles. The molecule has 2 heterocycles. The highest BCUT2D eigenvalue weighted by Crippen LogP contribution is 2.11. The Kier molecular flexibility index (Phi) is 5.63. The van der Waals surface area contributed by atoms with Gasteiger partial charge in [-0.3, -0.25) is 9.59 Å². The minimum Gasteiger partial charge on any atom is -0.356 e. The SMILES string of the molecule is O=C1CCN(C(=O)[C@@H]2CCCN2)CCCCCCN1. The lowest BCUT2D eigenvalue weighted by molar-refractivity contribution is -0.133. The van der Waals surface area contributed by atoms with Gasteiger partial charge in [-0.25, -0.2) is 0 Å². The standard InChI is InChI=1S/C14H25N3O2/c18-13-7-11-17(10-4-2-1-3-8-16-13)14(19)12-6-5-9-15-12/h12,15H,1-11H2,(H,16,18)/t12-/m0/s1. The third-order valence-electron chi connectivity index (χ3n) is 3.96.